The zero-order valence-electron chi connectivity index (χ0n) is 18.6. The summed E-state index contributed by atoms with van der Waals surface area (Å²) in [6.45, 7) is 0.215. The first-order valence-electron chi connectivity index (χ1n) is 11.6. The number of ketones is 1. The van der Waals surface area contributed by atoms with Gasteiger partial charge in [-0.25, -0.2) is 4.98 Å². The molecule has 0 radical (unpaired) electrons. The van der Waals surface area contributed by atoms with Crippen molar-refractivity contribution in [2.45, 2.75) is 31.8 Å². The minimum Gasteiger partial charge on any atom is -0.485 e. The number of carbonyl (C=O) groups is 1. The van der Waals surface area contributed by atoms with Gasteiger partial charge in [0.05, 0.1) is 0 Å². The van der Waals surface area contributed by atoms with Crippen LogP contribution in [-0.2, 0) is 12.8 Å². The molecule has 0 saturated heterocycles. The van der Waals surface area contributed by atoms with Gasteiger partial charge in [0.2, 0.25) is 6.79 Å². The quantitative estimate of drug-likeness (QED) is 0.407. The van der Waals surface area contributed by atoms with Crippen molar-refractivity contribution >= 4 is 5.78 Å². The molecule has 34 heavy (non-hydrogen) atoms. The summed E-state index contributed by atoms with van der Waals surface area (Å²) in [6, 6.07) is 19.9. The fourth-order valence-electron chi connectivity index (χ4n) is 4.81. The van der Waals surface area contributed by atoms with Crippen LogP contribution in [0.5, 0.6) is 17.2 Å². The van der Waals surface area contributed by atoms with Gasteiger partial charge in [-0.05, 0) is 53.8 Å². The molecule has 170 valence electrons. The molecule has 1 aliphatic heterocycles. The number of rotatable bonds is 6. The molecular formula is C28H24N2O4. The first-order chi connectivity index (χ1) is 16.8. The topological polar surface area (TPSA) is 73.4 Å². The lowest BCUT2D eigenvalue weighted by atomic mass is 9.84. The zero-order chi connectivity index (χ0) is 22.9. The molecule has 1 atom stereocenters. The molecule has 0 spiro atoms. The molecule has 0 bridgehead atoms. The van der Waals surface area contributed by atoms with Crippen molar-refractivity contribution < 1.29 is 19.0 Å². The van der Waals surface area contributed by atoms with Crippen LogP contribution in [0, 0.1) is 0 Å². The summed E-state index contributed by atoms with van der Waals surface area (Å²) in [4.78, 5) is 20.3. The smallest absolute Gasteiger partial charge is 0.231 e. The molecular weight excluding hydrogens is 428 g/mol. The molecule has 0 unspecified atom stereocenters. The molecule has 0 saturated carbocycles. The molecule has 4 aromatic rings. The third-order valence-electron chi connectivity index (χ3n) is 6.44. The Labute approximate surface area is 197 Å². The molecule has 2 heterocycles. The van der Waals surface area contributed by atoms with Crippen molar-refractivity contribution in [3.8, 4) is 28.4 Å². The Bertz CT molecular complexity index is 1330. The number of hydrogen-bond donors (Lipinski definition) is 1. The van der Waals surface area contributed by atoms with E-state index in [0.29, 0.717) is 18.6 Å². The van der Waals surface area contributed by atoms with Crippen molar-refractivity contribution in [2.75, 3.05) is 6.79 Å². The predicted octanol–water partition coefficient (Wildman–Crippen LogP) is 5.69. The summed E-state index contributed by atoms with van der Waals surface area (Å²) < 4.78 is 17.9. The van der Waals surface area contributed by atoms with Gasteiger partial charge in [-0.15, -0.1) is 0 Å². The van der Waals surface area contributed by atoms with Crippen LogP contribution in [0.25, 0.3) is 11.1 Å². The van der Waals surface area contributed by atoms with Crippen molar-refractivity contribution in [1.82, 2.24) is 9.97 Å². The predicted molar refractivity (Wildman–Crippen MR) is 127 cm³/mol. The second kappa shape index (κ2) is 8.71. The van der Waals surface area contributed by atoms with Crippen LogP contribution >= 0.6 is 0 Å². The number of aromatic nitrogens is 2. The molecule has 6 rings (SSSR count). The van der Waals surface area contributed by atoms with E-state index in [1.165, 1.54) is 0 Å². The van der Waals surface area contributed by atoms with E-state index in [1.807, 2.05) is 54.7 Å². The van der Waals surface area contributed by atoms with E-state index in [4.69, 9.17) is 14.2 Å². The highest BCUT2D eigenvalue weighted by Gasteiger charge is 2.27. The minimum atomic E-state index is -0.252. The summed E-state index contributed by atoms with van der Waals surface area (Å²) in [5.41, 5.74) is 4.79. The number of nitrogens with one attached hydrogen (secondary N) is 1. The first-order valence-corrected chi connectivity index (χ1v) is 11.6. The molecule has 3 aromatic carbocycles. The van der Waals surface area contributed by atoms with E-state index < -0.39 is 0 Å². The number of hydrogen-bond acceptors (Lipinski definition) is 5. The van der Waals surface area contributed by atoms with Crippen molar-refractivity contribution in [2.24, 2.45) is 0 Å². The summed E-state index contributed by atoms with van der Waals surface area (Å²) in [7, 11) is 0. The van der Waals surface area contributed by atoms with Gasteiger partial charge in [0.15, 0.2) is 17.3 Å². The zero-order valence-corrected chi connectivity index (χ0v) is 18.6. The minimum absolute atomic E-state index is 0.185. The monoisotopic (exact) mass is 452 g/mol. The van der Waals surface area contributed by atoms with Gasteiger partial charge in [0.25, 0.3) is 0 Å². The molecule has 2 aliphatic rings. The molecule has 6 heteroatoms. The van der Waals surface area contributed by atoms with Gasteiger partial charge in [0, 0.05) is 36.4 Å². The summed E-state index contributed by atoms with van der Waals surface area (Å²) >= 11 is 0. The van der Waals surface area contributed by atoms with Crippen LogP contribution in [0.1, 0.15) is 46.3 Å². The number of nitrogens with zero attached hydrogens (tertiary/aromatic N) is 1. The van der Waals surface area contributed by atoms with E-state index in [0.717, 1.165) is 58.0 Å². The fraction of sp³-hybridized carbons (Fsp3) is 0.214. The van der Waals surface area contributed by atoms with Crippen LogP contribution in [-0.4, -0.2) is 22.5 Å². The van der Waals surface area contributed by atoms with Gasteiger partial charge in [-0.2, -0.15) is 0 Å². The van der Waals surface area contributed by atoms with Gasteiger partial charge in [0.1, 0.15) is 17.7 Å². The van der Waals surface area contributed by atoms with Crippen LogP contribution in [0.15, 0.2) is 73.1 Å². The number of imidazole rings is 1. The number of ether oxygens (including phenoxy) is 3. The standard InChI is InChI=1S/C28H24N2O4/c31-22-8-4-7-21-20(22)10-12-24(28(21)19-9-11-23-26(15-19)33-17-32-23)34-25(16-27-29-13-14-30-27)18-5-2-1-3-6-18/h1-3,5-6,9-15,25H,4,7-8,16-17H2,(H,29,30)/t25-/m0/s1. The normalized spacial score (nSPS) is 15.1. The van der Waals surface area contributed by atoms with Gasteiger partial charge < -0.3 is 19.2 Å². The maximum Gasteiger partial charge on any atom is 0.231 e. The summed E-state index contributed by atoms with van der Waals surface area (Å²) in [5, 5.41) is 0. The van der Waals surface area contributed by atoms with E-state index in [2.05, 4.69) is 22.1 Å². The number of aromatic amines is 1. The molecule has 0 fully saturated rings. The third kappa shape index (κ3) is 3.81. The lowest BCUT2D eigenvalue weighted by Crippen LogP contribution is -2.16. The van der Waals surface area contributed by atoms with E-state index in [9.17, 15) is 4.79 Å². The van der Waals surface area contributed by atoms with Gasteiger partial charge >= 0.3 is 0 Å². The Morgan fingerprint density at radius 1 is 1.00 bits per heavy atom. The second-order valence-electron chi connectivity index (χ2n) is 8.57. The Morgan fingerprint density at radius 2 is 1.88 bits per heavy atom. The van der Waals surface area contributed by atoms with Crippen LogP contribution in [0.4, 0.5) is 0 Å². The fourth-order valence-corrected chi connectivity index (χ4v) is 4.81. The molecule has 6 nitrogen and oxygen atoms in total. The Balaban J connectivity index is 1.47. The van der Waals surface area contributed by atoms with Gasteiger partial charge in [-0.1, -0.05) is 36.4 Å². The number of carbonyl (C=O) groups excluding carboxylic acids is 1. The number of H-pyrrole nitrogens is 1. The average molecular weight is 453 g/mol. The van der Waals surface area contributed by atoms with E-state index >= 15 is 0 Å². The largest absolute Gasteiger partial charge is 0.485 e. The SMILES string of the molecule is O=C1CCCc2c1ccc(O[C@@H](Cc1ncc[nH]1)c1ccccc1)c2-c1ccc2c(c1)OCO2. The van der Waals surface area contributed by atoms with E-state index in [-0.39, 0.29) is 18.7 Å². The second-order valence-corrected chi connectivity index (χ2v) is 8.57. The van der Waals surface area contributed by atoms with Crippen LogP contribution in [0.2, 0.25) is 0 Å². The first kappa shape index (κ1) is 20.5. The molecule has 1 N–H and O–H groups in total. The maximum absolute atomic E-state index is 12.7. The molecule has 0 amide bonds. The Hall–Kier alpha value is -4.06. The van der Waals surface area contributed by atoms with Crippen LogP contribution < -0.4 is 14.2 Å². The highest BCUT2D eigenvalue weighted by Crippen LogP contribution is 2.44. The summed E-state index contributed by atoms with van der Waals surface area (Å²) in [6.07, 6.45) is 6.15. The van der Waals surface area contributed by atoms with E-state index in [1.54, 1.807) is 6.20 Å². The van der Waals surface area contributed by atoms with Crippen molar-refractivity contribution in [3.63, 3.8) is 0 Å². The summed E-state index contributed by atoms with van der Waals surface area (Å²) in [5.74, 6) is 3.22. The Morgan fingerprint density at radius 3 is 2.74 bits per heavy atom. The molecule has 1 aromatic heterocycles. The number of fused-ring (bicyclic) bond motifs is 2. The highest BCUT2D eigenvalue weighted by atomic mass is 16.7. The third-order valence-corrected chi connectivity index (χ3v) is 6.44. The number of benzene rings is 3. The van der Waals surface area contributed by atoms with Crippen molar-refractivity contribution in [3.05, 3.63) is 95.6 Å². The lowest BCUT2D eigenvalue weighted by Gasteiger charge is -2.25. The molecule has 1 aliphatic carbocycles. The van der Waals surface area contributed by atoms with Crippen LogP contribution in [0.3, 0.4) is 0 Å². The average Bonchev–Trinajstić information content (AvgIpc) is 3.56. The van der Waals surface area contributed by atoms with Crippen molar-refractivity contribution in [1.29, 1.82) is 0 Å². The number of Topliss-reactive ketones (excluding diaryl/α,β-unsaturated/α-hetero) is 1. The van der Waals surface area contributed by atoms with Gasteiger partial charge in [-0.3, -0.25) is 4.79 Å². The maximum atomic E-state index is 12.7. The highest BCUT2D eigenvalue weighted by molar-refractivity contribution is 6.01. The lowest BCUT2D eigenvalue weighted by molar-refractivity contribution is 0.0972. The Kier molecular flexibility index (Phi) is 5.26.